The summed E-state index contributed by atoms with van der Waals surface area (Å²) >= 11 is 0. The van der Waals surface area contributed by atoms with Crippen LogP contribution in [0.25, 0.3) is 10.8 Å². The smallest absolute Gasteiger partial charge is 0.275 e. The number of H-pyrrole nitrogens is 1. The number of anilines is 1. The highest BCUT2D eigenvalue weighted by Gasteiger charge is 2.15. The number of ether oxygens (including phenoxy) is 2. The summed E-state index contributed by atoms with van der Waals surface area (Å²) in [7, 11) is 1.51. The van der Waals surface area contributed by atoms with Gasteiger partial charge in [-0.1, -0.05) is 12.1 Å². The van der Waals surface area contributed by atoms with Gasteiger partial charge in [0.1, 0.15) is 0 Å². The zero-order valence-electron chi connectivity index (χ0n) is 16.2. The Morgan fingerprint density at radius 2 is 2.14 bits per heavy atom. The third kappa shape index (κ3) is 4.29. The van der Waals surface area contributed by atoms with Crippen LogP contribution in [0.3, 0.4) is 0 Å². The molecule has 1 saturated heterocycles. The maximum atomic E-state index is 12.8. The SMILES string of the molecule is COc1nn(Cc2cc(=O)[nH]c(NC[C@H]3CCCOC3)n2)c(=O)c2ccccc12. The van der Waals surface area contributed by atoms with Crippen molar-refractivity contribution in [1.82, 2.24) is 19.7 Å². The number of nitrogens with one attached hydrogen (secondary N) is 2. The Morgan fingerprint density at radius 3 is 2.90 bits per heavy atom. The number of nitrogens with zero attached hydrogens (tertiary/aromatic N) is 3. The number of aromatic amines is 1. The van der Waals surface area contributed by atoms with Gasteiger partial charge in [0.05, 0.1) is 36.7 Å². The third-order valence-electron chi connectivity index (χ3n) is 4.95. The predicted molar refractivity (Wildman–Crippen MR) is 109 cm³/mol. The lowest BCUT2D eigenvalue weighted by Crippen LogP contribution is -2.27. The number of aromatic nitrogens is 4. The Morgan fingerprint density at radius 1 is 1.31 bits per heavy atom. The van der Waals surface area contributed by atoms with Crippen molar-refractivity contribution < 1.29 is 9.47 Å². The molecule has 9 nitrogen and oxygen atoms in total. The van der Waals surface area contributed by atoms with Gasteiger partial charge in [-0.2, -0.15) is 0 Å². The Bertz CT molecular complexity index is 1120. The van der Waals surface area contributed by atoms with E-state index >= 15 is 0 Å². The summed E-state index contributed by atoms with van der Waals surface area (Å²) in [6, 6.07) is 8.49. The van der Waals surface area contributed by atoms with Crippen molar-refractivity contribution in [2.75, 3.05) is 32.2 Å². The quantitative estimate of drug-likeness (QED) is 0.646. The summed E-state index contributed by atoms with van der Waals surface area (Å²) in [5.41, 5.74) is -0.126. The zero-order valence-corrected chi connectivity index (χ0v) is 16.2. The van der Waals surface area contributed by atoms with Crippen molar-refractivity contribution in [2.24, 2.45) is 5.92 Å². The molecule has 0 amide bonds. The fourth-order valence-corrected chi connectivity index (χ4v) is 3.50. The van der Waals surface area contributed by atoms with Gasteiger partial charge < -0.3 is 14.8 Å². The highest BCUT2D eigenvalue weighted by molar-refractivity contribution is 5.85. The second kappa shape index (κ2) is 8.44. The van der Waals surface area contributed by atoms with Crippen LogP contribution < -0.4 is 21.2 Å². The van der Waals surface area contributed by atoms with Crippen LogP contribution in [-0.4, -0.2) is 46.6 Å². The van der Waals surface area contributed by atoms with E-state index < -0.39 is 0 Å². The molecule has 9 heteroatoms. The van der Waals surface area contributed by atoms with Crippen LogP contribution in [0.1, 0.15) is 18.5 Å². The van der Waals surface area contributed by atoms with E-state index in [2.05, 4.69) is 20.4 Å². The first-order chi connectivity index (χ1) is 14.1. The lowest BCUT2D eigenvalue weighted by molar-refractivity contribution is 0.0594. The fourth-order valence-electron chi connectivity index (χ4n) is 3.50. The monoisotopic (exact) mass is 397 g/mol. The van der Waals surface area contributed by atoms with Crippen LogP contribution in [0.2, 0.25) is 0 Å². The molecule has 0 unspecified atom stereocenters. The third-order valence-corrected chi connectivity index (χ3v) is 4.95. The molecule has 4 rings (SSSR count). The minimum atomic E-state index is -0.293. The van der Waals surface area contributed by atoms with Gasteiger partial charge in [-0.3, -0.25) is 14.6 Å². The van der Waals surface area contributed by atoms with Crippen molar-refractivity contribution in [3.63, 3.8) is 0 Å². The molecule has 152 valence electrons. The first-order valence-corrected chi connectivity index (χ1v) is 9.60. The molecule has 3 aromatic rings. The van der Waals surface area contributed by atoms with Crippen LogP contribution in [-0.2, 0) is 11.3 Å². The average molecular weight is 397 g/mol. The summed E-state index contributed by atoms with van der Waals surface area (Å²) in [4.78, 5) is 32.0. The van der Waals surface area contributed by atoms with Gasteiger partial charge in [0, 0.05) is 19.2 Å². The second-order valence-electron chi connectivity index (χ2n) is 7.07. The Hall–Kier alpha value is -3.20. The highest BCUT2D eigenvalue weighted by atomic mass is 16.5. The Labute approximate surface area is 166 Å². The number of benzene rings is 1. The molecule has 0 saturated carbocycles. The van der Waals surface area contributed by atoms with Crippen molar-refractivity contribution >= 4 is 16.7 Å². The molecule has 1 aliphatic heterocycles. The largest absolute Gasteiger partial charge is 0.480 e. The van der Waals surface area contributed by atoms with E-state index in [1.54, 1.807) is 18.2 Å². The molecule has 0 radical (unpaired) electrons. The molecule has 2 aromatic heterocycles. The predicted octanol–water partition coefficient (Wildman–Crippen LogP) is 1.38. The van der Waals surface area contributed by atoms with E-state index in [9.17, 15) is 9.59 Å². The molecule has 1 aliphatic rings. The van der Waals surface area contributed by atoms with Crippen LogP contribution in [0, 0.1) is 5.92 Å². The van der Waals surface area contributed by atoms with Gasteiger partial charge in [-0.05, 0) is 30.9 Å². The highest BCUT2D eigenvalue weighted by Crippen LogP contribution is 2.19. The molecule has 29 heavy (non-hydrogen) atoms. The van der Waals surface area contributed by atoms with Crippen LogP contribution in [0.5, 0.6) is 5.88 Å². The van der Waals surface area contributed by atoms with E-state index in [1.165, 1.54) is 17.9 Å². The van der Waals surface area contributed by atoms with E-state index in [0.29, 0.717) is 47.4 Å². The number of fused-ring (bicyclic) bond motifs is 1. The summed E-state index contributed by atoms with van der Waals surface area (Å²) in [6.07, 6.45) is 2.11. The number of hydrogen-bond donors (Lipinski definition) is 2. The maximum absolute atomic E-state index is 12.8. The molecule has 1 aromatic carbocycles. The van der Waals surface area contributed by atoms with Crippen molar-refractivity contribution in [3.05, 3.63) is 56.7 Å². The van der Waals surface area contributed by atoms with Crippen LogP contribution in [0.4, 0.5) is 5.95 Å². The first-order valence-electron chi connectivity index (χ1n) is 9.60. The lowest BCUT2D eigenvalue weighted by atomic mass is 10.0. The molecule has 1 atom stereocenters. The summed E-state index contributed by atoms with van der Waals surface area (Å²) < 4.78 is 12.1. The van der Waals surface area contributed by atoms with Gasteiger partial charge in [0.2, 0.25) is 11.8 Å². The van der Waals surface area contributed by atoms with E-state index in [4.69, 9.17) is 9.47 Å². The molecular formula is C20H23N5O4. The van der Waals surface area contributed by atoms with Crippen molar-refractivity contribution in [2.45, 2.75) is 19.4 Å². The number of hydrogen-bond acceptors (Lipinski definition) is 7. The Balaban J connectivity index is 1.59. The summed E-state index contributed by atoms with van der Waals surface area (Å²) in [5.74, 6) is 1.10. The number of methoxy groups -OCH3 is 1. The first kappa shape index (κ1) is 19.1. The van der Waals surface area contributed by atoms with E-state index in [1.807, 2.05) is 6.07 Å². The van der Waals surface area contributed by atoms with Crippen LogP contribution in [0.15, 0.2) is 39.9 Å². The van der Waals surface area contributed by atoms with Gasteiger partial charge in [-0.25, -0.2) is 9.67 Å². The van der Waals surface area contributed by atoms with Gasteiger partial charge >= 0.3 is 0 Å². The van der Waals surface area contributed by atoms with Crippen molar-refractivity contribution in [1.29, 1.82) is 0 Å². The molecule has 3 heterocycles. The van der Waals surface area contributed by atoms with Gasteiger partial charge in [0.25, 0.3) is 11.1 Å². The minimum Gasteiger partial charge on any atom is -0.480 e. The van der Waals surface area contributed by atoms with E-state index in [-0.39, 0.29) is 17.7 Å². The average Bonchev–Trinajstić information content (AvgIpc) is 2.75. The molecular weight excluding hydrogens is 374 g/mol. The topological polar surface area (TPSA) is 111 Å². The minimum absolute atomic E-state index is 0.0607. The summed E-state index contributed by atoms with van der Waals surface area (Å²) in [6.45, 7) is 2.23. The van der Waals surface area contributed by atoms with E-state index in [0.717, 1.165) is 19.4 Å². The molecule has 0 spiro atoms. The molecule has 0 aliphatic carbocycles. The molecule has 2 N–H and O–H groups in total. The maximum Gasteiger partial charge on any atom is 0.275 e. The second-order valence-corrected chi connectivity index (χ2v) is 7.07. The van der Waals surface area contributed by atoms with Crippen LogP contribution >= 0.6 is 0 Å². The van der Waals surface area contributed by atoms with Gasteiger partial charge in [0.15, 0.2) is 0 Å². The zero-order chi connectivity index (χ0) is 20.2. The summed E-state index contributed by atoms with van der Waals surface area (Å²) in [5, 5.41) is 8.60. The standard InChI is InChI=1S/C20H23N5O4/c1-28-18-15-6-2-3-7-16(15)19(27)25(24-18)11-14-9-17(26)23-20(22-14)21-10-13-5-4-8-29-12-13/h2-3,6-7,9,13H,4-5,8,10-12H2,1H3,(H2,21,22,23,26)/t13-/m1/s1. The lowest BCUT2D eigenvalue weighted by Gasteiger charge is -2.22. The number of rotatable bonds is 6. The fraction of sp³-hybridized carbons (Fsp3) is 0.400. The van der Waals surface area contributed by atoms with Crippen molar-refractivity contribution in [3.8, 4) is 5.88 Å². The molecule has 0 bridgehead atoms. The molecule has 1 fully saturated rings. The normalized spacial score (nSPS) is 16.7. The van der Waals surface area contributed by atoms with Gasteiger partial charge in [-0.15, -0.1) is 5.10 Å². The Kier molecular flexibility index (Phi) is 5.57.